The molecule has 0 unspecified atom stereocenters. The molecule has 118 valence electrons. The van der Waals surface area contributed by atoms with Crippen molar-refractivity contribution in [2.24, 2.45) is 4.99 Å². The Labute approximate surface area is 142 Å². The summed E-state index contributed by atoms with van der Waals surface area (Å²) in [6, 6.07) is 6.49. The Hall–Kier alpha value is -2.52. The zero-order valence-electron chi connectivity index (χ0n) is 11.1. The van der Waals surface area contributed by atoms with Crippen molar-refractivity contribution in [3.63, 3.8) is 0 Å². The first-order chi connectivity index (χ1) is 10.8. The zero-order valence-corrected chi connectivity index (χ0v) is 13.5. The van der Waals surface area contributed by atoms with Gasteiger partial charge in [-0.05, 0) is 18.2 Å². The van der Waals surface area contributed by atoms with Crippen molar-refractivity contribution in [3.05, 3.63) is 65.6 Å². The fraction of sp³-hybridized carbons (Fsp3) is 0. The fourth-order valence-corrected chi connectivity index (χ4v) is 2.36. The molecule has 8 nitrogen and oxygen atoms in total. The summed E-state index contributed by atoms with van der Waals surface area (Å²) in [5.41, 5.74) is -0.500. The van der Waals surface area contributed by atoms with Gasteiger partial charge in [-0.3, -0.25) is 25.2 Å². The summed E-state index contributed by atoms with van der Waals surface area (Å²) < 4.78 is 0.380. The van der Waals surface area contributed by atoms with Crippen LogP contribution in [0.1, 0.15) is 5.56 Å². The normalized spacial score (nSPS) is 10.9. The maximum atomic E-state index is 10.8. The Kier molecular flexibility index (Phi) is 4.92. The summed E-state index contributed by atoms with van der Waals surface area (Å²) >= 11 is 8.79. The number of nitrogens with zero attached hydrogens (tertiary/aromatic N) is 3. The van der Waals surface area contributed by atoms with Gasteiger partial charge in [-0.15, -0.1) is 0 Å². The van der Waals surface area contributed by atoms with Crippen LogP contribution in [0.5, 0.6) is 5.75 Å². The van der Waals surface area contributed by atoms with Crippen molar-refractivity contribution in [2.45, 2.75) is 0 Å². The van der Waals surface area contributed by atoms with E-state index in [1.54, 1.807) is 0 Å². The average Bonchev–Trinajstić information content (AvgIpc) is 2.48. The Balaban J connectivity index is 2.43. The molecule has 0 aromatic heterocycles. The topological polar surface area (TPSA) is 119 Å². The Morgan fingerprint density at radius 1 is 1.13 bits per heavy atom. The Morgan fingerprint density at radius 2 is 1.78 bits per heavy atom. The van der Waals surface area contributed by atoms with Crippen LogP contribution in [0.4, 0.5) is 17.1 Å². The first-order valence-electron chi connectivity index (χ1n) is 5.94. The van der Waals surface area contributed by atoms with Crippen molar-refractivity contribution in [1.29, 1.82) is 0 Å². The molecule has 2 aromatic rings. The van der Waals surface area contributed by atoms with Gasteiger partial charge in [0.1, 0.15) is 5.02 Å². The Morgan fingerprint density at radius 3 is 2.39 bits per heavy atom. The molecule has 0 spiro atoms. The van der Waals surface area contributed by atoms with Crippen molar-refractivity contribution in [1.82, 2.24) is 0 Å². The number of aromatic hydroxyl groups is 1. The van der Waals surface area contributed by atoms with Gasteiger partial charge in [0.15, 0.2) is 0 Å². The molecule has 23 heavy (non-hydrogen) atoms. The molecule has 0 bridgehead atoms. The second-order valence-corrected chi connectivity index (χ2v) is 5.59. The van der Waals surface area contributed by atoms with E-state index in [0.29, 0.717) is 4.47 Å². The molecule has 2 aromatic carbocycles. The summed E-state index contributed by atoms with van der Waals surface area (Å²) in [4.78, 5) is 24.3. The monoisotopic (exact) mass is 399 g/mol. The van der Waals surface area contributed by atoms with Gasteiger partial charge >= 0.3 is 5.69 Å². The van der Waals surface area contributed by atoms with Crippen molar-refractivity contribution >= 4 is 50.8 Å². The highest BCUT2D eigenvalue weighted by atomic mass is 79.9. The number of aliphatic imine (C=N–C) groups is 1. The lowest BCUT2D eigenvalue weighted by molar-refractivity contribution is -0.386. The predicted octanol–water partition coefficient (Wildman–Crippen LogP) is 4.38. The highest BCUT2D eigenvalue weighted by Gasteiger charge is 2.18. The van der Waals surface area contributed by atoms with Crippen molar-refractivity contribution in [3.8, 4) is 5.75 Å². The van der Waals surface area contributed by atoms with E-state index in [9.17, 15) is 25.3 Å². The largest absolute Gasteiger partial charge is 0.502 e. The number of benzene rings is 2. The van der Waals surface area contributed by atoms with Crippen LogP contribution in [0, 0.1) is 20.2 Å². The molecule has 0 saturated heterocycles. The van der Waals surface area contributed by atoms with Gasteiger partial charge in [0.25, 0.3) is 5.69 Å². The molecule has 0 aliphatic rings. The molecular formula is C13H7BrClN3O5. The van der Waals surface area contributed by atoms with Crippen LogP contribution < -0.4 is 0 Å². The molecule has 0 atom stereocenters. The molecular weight excluding hydrogens is 394 g/mol. The second kappa shape index (κ2) is 6.71. The summed E-state index contributed by atoms with van der Waals surface area (Å²) in [5, 5.41) is 31.5. The lowest BCUT2D eigenvalue weighted by atomic mass is 10.2. The fourth-order valence-electron chi connectivity index (χ4n) is 1.71. The van der Waals surface area contributed by atoms with Crippen LogP contribution in [-0.4, -0.2) is 21.2 Å². The van der Waals surface area contributed by atoms with Crippen molar-refractivity contribution < 1.29 is 15.0 Å². The van der Waals surface area contributed by atoms with Gasteiger partial charge in [-0.1, -0.05) is 27.5 Å². The predicted molar refractivity (Wildman–Crippen MR) is 87.8 cm³/mol. The summed E-state index contributed by atoms with van der Waals surface area (Å²) in [5.74, 6) is -0.551. The summed E-state index contributed by atoms with van der Waals surface area (Å²) in [6.07, 6.45) is 1.17. The van der Waals surface area contributed by atoms with Crippen LogP contribution in [0.25, 0.3) is 0 Å². The van der Waals surface area contributed by atoms with Gasteiger partial charge in [0.05, 0.1) is 15.5 Å². The van der Waals surface area contributed by atoms with E-state index >= 15 is 0 Å². The SMILES string of the molecule is O=[N+]([O-])c1cc(N=Cc2cc(Br)cc([N+](=O)[O-])c2O)ccc1Cl. The third kappa shape index (κ3) is 3.82. The van der Waals surface area contributed by atoms with Crippen LogP contribution in [0.15, 0.2) is 39.8 Å². The van der Waals surface area contributed by atoms with E-state index < -0.39 is 21.3 Å². The van der Waals surface area contributed by atoms with Gasteiger partial charge in [0.2, 0.25) is 5.75 Å². The van der Waals surface area contributed by atoms with Gasteiger partial charge in [-0.2, -0.15) is 0 Å². The first kappa shape index (κ1) is 16.8. The van der Waals surface area contributed by atoms with Crippen molar-refractivity contribution in [2.75, 3.05) is 0 Å². The number of hydrogen-bond acceptors (Lipinski definition) is 6. The van der Waals surface area contributed by atoms with Crippen LogP contribution >= 0.6 is 27.5 Å². The minimum absolute atomic E-state index is 0.0325. The number of phenols is 1. The number of hydrogen-bond donors (Lipinski definition) is 1. The van der Waals surface area contributed by atoms with E-state index in [0.717, 1.165) is 12.1 Å². The first-order valence-corrected chi connectivity index (χ1v) is 7.11. The van der Waals surface area contributed by atoms with Crippen LogP contribution in [0.2, 0.25) is 5.02 Å². The molecule has 0 aliphatic heterocycles. The minimum atomic E-state index is -0.732. The lowest BCUT2D eigenvalue weighted by Crippen LogP contribution is -1.93. The highest BCUT2D eigenvalue weighted by molar-refractivity contribution is 9.10. The summed E-state index contributed by atoms with van der Waals surface area (Å²) in [7, 11) is 0. The number of nitro groups is 2. The molecule has 0 radical (unpaired) electrons. The third-order valence-corrected chi connectivity index (χ3v) is 3.54. The average molecular weight is 401 g/mol. The molecule has 0 fully saturated rings. The van der Waals surface area contributed by atoms with E-state index in [4.69, 9.17) is 11.6 Å². The highest BCUT2D eigenvalue weighted by Crippen LogP contribution is 2.33. The van der Waals surface area contributed by atoms with Gasteiger partial charge < -0.3 is 5.11 Å². The van der Waals surface area contributed by atoms with E-state index in [2.05, 4.69) is 20.9 Å². The molecule has 1 N–H and O–H groups in total. The molecule has 2 rings (SSSR count). The van der Waals surface area contributed by atoms with Crippen LogP contribution in [-0.2, 0) is 0 Å². The maximum absolute atomic E-state index is 10.8. The van der Waals surface area contributed by atoms with E-state index in [1.165, 1.54) is 24.4 Å². The Bertz CT molecular complexity index is 841. The maximum Gasteiger partial charge on any atom is 0.312 e. The number of rotatable bonds is 4. The van der Waals surface area contributed by atoms with E-state index in [-0.39, 0.29) is 22.0 Å². The molecule has 0 aliphatic carbocycles. The minimum Gasteiger partial charge on any atom is -0.502 e. The van der Waals surface area contributed by atoms with Gasteiger partial charge in [0, 0.05) is 28.4 Å². The summed E-state index contributed by atoms with van der Waals surface area (Å²) in [6.45, 7) is 0. The number of nitro benzene ring substituents is 2. The third-order valence-electron chi connectivity index (χ3n) is 2.76. The van der Waals surface area contributed by atoms with Gasteiger partial charge in [-0.25, -0.2) is 0 Å². The van der Waals surface area contributed by atoms with E-state index in [1.807, 2.05) is 0 Å². The molecule has 0 heterocycles. The second-order valence-electron chi connectivity index (χ2n) is 4.27. The molecule has 10 heteroatoms. The number of halogens is 2. The number of phenolic OH excluding ortho intramolecular Hbond substituents is 1. The zero-order chi connectivity index (χ0) is 17.1. The van der Waals surface area contributed by atoms with Crippen LogP contribution in [0.3, 0.4) is 0 Å². The standard InChI is InChI=1S/C13H7BrClN3O5/c14-8-3-7(13(19)12(4-8)18(22)23)6-16-9-1-2-10(15)11(5-9)17(20)21/h1-6,19H. The quantitative estimate of drug-likeness (QED) is 0.464. The molecule has 0 saturated carbocycles. The lowest BCUT2D eigenvalue weighted by Gasteiger charge is -2.02. The smallest absolute Gasteiger partial charge is 0.312 e. The molecule has 0 amide bonds.